The second kappa shape index (κ2) is 4.40. The number of hydrogen-bond acceptors (Lipinski definition) is 2. The molecule has 1 aliphatic carbocycles. The molecule has 0 unspecified atom stereocenters. The number of nitrogens with one attached hydrogen (secondary N) is 1. The summed E-state index contributed by atoms with van der Waals surface area (Å²) in [5.74, 6) is 0. The Kier molecular flexibility index (Phi) is 2.97. The maximum Gasteiger partial charge on any atom is 0.184 e. The number of nitrogens with two attached hydrogens (primary N) is 1. The molecule has 0 saturated heterocycles. The average molecular weight is 219 g/mol. The Hall–Kier alpha value is -1.42. The van der Waals surface area contributed by atoms with Gasteiger partial charge in [-0.25, -0.2) is 0 Å². The first-order valence-corrected chi connectivity index (χ1v) is 5.34. The molecule has 1 aromatic rings. The van der Waals surface area contributed by atoms with E-state index in [1.165, 1.54) is 11.1 Å². The molecule has 3 N–H and O–H groups in total. The van der Waals surface area contributed by atoms with Gasteiger partial charge in [-0.3, -0.25) is 5.43 Å². The minimum Gasteiger partial charge on any atom is -0.375 e. The zero-order valence-electron chi connectivity index (χ0n) is 8.36. The topological polar surface area (TPSA) is 50.4 Å². The van der Waals surface area contributed by atoms with E-state index >= 15 is 0 Å². The molecule has 0 fully saturated rings. The highest BCUT2D eigenvalue weighted by molar-refractivity contribution is 7.80. The largest absolute Gasteiger partial charge is 0.375 e. The van der Waals surface area contributed by atoms with Gasteiger partial charge in [0, 0.05) is 12.1 Å². The van der Waals surface area contributed by atoms with Gasteiger partial charge in [-0.15, -0.1) is 0 Å². The van der Waals surface area contributed by atoms with Gasteiger partial charge in [-0.1, -0.05) is 24.3 Å². The van der Waals surface area contributed by atoms with E-state index in [1.54, 1.807) is 0 Å². The minimum absolute atomic E-state index is 0.223. The fourth-order valence-electron chi connectivity index (χ4n) is 1.79. The summed E-state index contributed by atoms with van der Waals surface area (Å²) in [6.45, 7) is 0. The summed E-state index contributed by atoms with van der Waals surface area (Å²) in [4.78, 5) is 0. The van der Waals surface area contributed by atoms with E-state index in [2.05, 4.69) is 34.8 Å². The first-order chi connectivity index (χ1) is 7.25. The first-order valence-electron chi connectivity index (χ1n) is 4.93. The Morgan fingerprint density at radius 1 is 1.27 bits per heavy atom. The molecule has 15 heavy (non-hydrogen) atoms. The van der Waals surface area contributed by atoms with Gasteiger partial charge in [0.05, 0.1) is 0 Å². The number of hydrogen-bond donors (Lipinski definition) is 2. The van der Waals surface area contributed by atoms with Crippen molar-refractivity contribution in [2.24, 2.45) is 10.8 Å². The highest BCUT2D eigenvalue weighted by Crippen LogP contribution is 2.18. The summed E-state index contributed by atoms with van der Waals surface area (Å²) in [5, 5.41) is 4.41. The van der Waals surface area contributed by atoms with Gasteiger partial charge >= 0.3 is 0 Å². The number of hydrazone groups is 1. The molecule has 0 radical (unpaired) electrons. The van der Waals surface area contributed by atoms with Gasteiger partial charge < -0.3 is 5.73 Å². The molecule has 4 heteroatoms. The van der Waals surface area contributed by atoms with Crippen molar-refractivity contribution in [2.45, 2.75) is 19.3 Å². The summed E-state index contributed by atoms with van der Waals surface area (Å²) in [7, 11) is 0. The van der Waals surface area contributed by atoms with Gasteiger partial charge in [0.1, 0.15) is 0 Å². The normalized spacial score (nSPS) is 17.2. The Labute approximate surface area is 94.4 Å². The number of thiocarbonyl (C=S) groups is 1. The van der Waals surface area contributed by atoms with Gasteiger partial charge in [0.15, 0.2) is 5.11 Å². The smallest absolute Gasteiger partial charge is 0.184 e. The lowest BCUT2D eigenvalue weighted by molar-refractivity contribution is 0.908. The predicted octanol–water partition coefficient (Wildman–Crippen LogP) is 1.36. The first kappa shape index (κ1) is 10.1. The van der Waals surface area contributed by atoms with Crippen molar-refractivity contribution in [3.8, 4) is 0 Å². The van der Waals surface area contributed by atoms with Crippen molar-refractivity contribution in [3.05, 3.63) is 35.4 Å². The van der Waals surface area contributed by atoms with Crippen LogP contribution in [-0.2, 0) is 12.8 Å². The lowest BCUT2D eigenvalue weighted by Gasteiger charge is -2.17. The van der Waals surface area contributed by atoms with Crippen LogP contribution in [0.3, 0.4) is 0 Å². The Morgan fingerprint density at radius 3 is 2.73 bits per heavy atom. The fourth-order valence-corrected chi connectivity index (χ4v) is 1.84. The van der Waals surface area contributed by atoms with E-state index in [0.29, 0.717) is 0 Å². The average Bonchev–Trinajstić information content (AvgIpc) is 2.26. The number of rotatable bonds is 1. The number of fused-ring (bicyclic) bond motifs is 1. The molecule has 0 bridgehead atoms. The predicted molar refractivity (Wildman–Crippen MR) is 65.8 cm³/mol. The third-order valence-corrected chi connectivity index (χ3v) is 2.61. The zero-order chi connectivity index (χ0) is 10.7. The summed E-state index contributed by atoms with van der Waals surface area (Å²) in [6, 6.07) is 8.45. The molecule has 0 amide bonds. The zero-order valence-corrected chi connectivity index (χ0v) is 9.18. The van der Waals surface area contributed by atoms with Crippen molar-refractivity contribution >= 4 is 23.0 Å². The lowest BCUT2D eigenvalue weighted by Crippen LogP contribution is -2.27. The molecule has 0 atom stereocenters. The molecule has 0 aliphatic heterocycles. The van der Waals surface area contributed by atoms with Gasteiger partial charge in [-0.2, -0.15) is 5.10 Å². The standard InChI is InChI=1S/C11H13N3S/c12-11(15)14-13-10-6-5-8-3-1-2-4-9(8)7-10/h1-4H,5-7H2,(H3,12,14,15)/b13-10+. The summed E-state index contributed by atoms with van der Waals surface area (Å²) in [6.07, 6.45) is 2.92. The van der Waals surface area contributed by atoms with E-state index in [0.717, 1.165) is 25.0 Å². The quantitative estimate of drug-likeness (QED) is 0.554. The van der Waals surface area contributed by atoms with Crippen LogP contribution in [0.1, 0.15) is 17.5 Å². The van der Waals surface area contributed by atoms with Crippen LogP contribution in [0.15, 0.2) is 29.4 Å². The Morgan fingerprint density at radius 2 is 2.00 bits per heavy atom. The molecule has 3 nitrogen and oxygen atoms in total. The van der Waals surface area contributed by atoms with Gasteiger partial charge in [0.25, 0.3) is 0 Å². The third-order valence-electron chi connectivity index (χ3n) is 2.52. The lowest BCUT2D eigenvalue weighted by atomic mass is 9.90. The molecule has 0 saturated carbocycles. The molecular weight excluding hydrogens is 206 g/mol. The maximum absolute atomic E-state index is 5.32. The number of aryl methyl sites for hydroxylation is 1. The molecule has 0 heterocycles. The number of benzene rings is 1. The van der Waals surface area contributed by atoms with Crippen LogP contribution in [0, 0.1) is 0 Å². The highest BCUT2D eigenvalue weighted by atomic mass is 32.1. The monoisotopic (exact) mass is 219 g/mol. The third kappa shape index (κ3) is 2.53. The van der Waals surface area contributed by atoms with Crippen LogP contribution in [0.25, 0.3) is 0 Å². The molecule has 2 rings (SSSR count). The highest BCUT2D eigenvalue weighted by Gasteiger charge is 2.13. The molecule has 0 spiro atoms. The van der Waals surface area contributed by atoms with Gasteiger partial charge in [0.2, 0.25) is 0 Å². The number of nitrogens with zero attached hydrogens (tertiary/aromatic N) is 1. The van der Waals surface area contributed by atoms with Crippen LogP contribution >= 0.6 is 12.2 Å². The Bertz CT molecular complexity index is 412. The van der Waals surface area contributed by atoms with E-state index in [4.69, 9.17) is 18.0 Å². The summed E-state index contributed by atoms with van der Waals surface area (Å²) in [5.41, 5.74) is 11.9. The van der Waals surface area contributed by atoms with Crippen molar-refractivity contribution in [3.63, 3.8) is 0 Å². The van der Waals surface area contributed by atoms with E-state index in [-0.39, 0.29) is 5.11 Å². The fraction of sp³-hybridized carbons (Fsp3) is 0.273. The maximum atomic E-state index is 5.32. The van der Waals surface area contributed by atoms with E-state index in [9.17, 15) is 0 Å². The van der Waals surface area contributed by atoms with Crippen molar-refractivity contribution < 1.29 is 0 Å². The molecule has 78 valence electrons. The Balaban J connectivity index is 2.12. The molecule has 1 aliphatic rings. The summed E-state index contributed by atoms with van der Waals surface area (Å²) < 4.78 is 0. The van der Waals surface area contributed by atoms with Crippen LogP contribution in [0.5, 0.6) is 0 Å². The van der Waals surface area contributed by atoms with Gasteiger partial charge in [-0.05, 0) is 36.2 Å². The molecule has 1 aromatic carbocycles. The summed E-state index contributed by atoms with van der Waals surface area (Å²) >= 11 is 4.70. The van der Waals surface area contributed by atoms with Crippen LogP contribution in [0.2, 0.25) is 0 Å². The van der Waals surface area contributed by atoms with Crippen molar-refractivity contribution in [1.82, 2.24) is 5.43 Å². The molecule has 0 aromatic heterocycles. The van der Waals surface area contributed by atoms with E-state index < -0.39 is 0 Å². The second-order valence-corrected chi connectivity index (χ2v) is 4.04. The van der Waals surface area contributed by atoms with Crippen LogP contribution in [0.4, 0.5) is 0 Å². The van der Waals surface area contributed by atoms with Crippen molar-refractivity contribution in [1.29, 1.82) is 0 Å². The minimum atomic E-state index is 0.223. The SMILES string of the molecule is NC(=S)N/N=C1\CCc2ccccc2C1. The van der Waals surface area contributed by atoms with Crippen LogP contribution < -0.4 is 11.2 Å². The molecular formula is C11H13N3S. The van der Waals surface area contributed by atoms with Crippen molar-refractivity contribution in [2.75, 3.05) is 0 Å². The van der Waals surface area contributed by atoms with Crippen LogP contribution in [-0.4, -0.2) is 10.8 Å². The second-order valence-electron chi connectivity index (χ2n) is 3.60. The van der Waals surface area contributed by atoms with E-state index in [1.807, 2.05) is 0 Å².